The number of halogens is 1. The van der Waals surface area contributed by atoms with Gasteiger partial charge in [0.15, 0.2) is 0 Å². The van der Waals surface area contributed by atoms with Crippen molar-refractivity contribution < 1.29 is 23.8 Å². The first-order chi connectivity index (χ1) is 16.7. The van der Waals surface area contributed by atoms with Crippen LogP contribution < -0.4 is 10.1 Å². The summed E-state index contributed by atoms with van der Waals surface area (Å²) in [6.45, 7) is 5.94. The molecule has 0 fully saturated rings. The number of hydrogen-bond acceptors (Lipinski definition) is 5. The fourth-order valence-electron chi connectivity index (χ4n) is 3.23. The lowest BCUT2D eigenvalue weighted by atomic mass is 10.1. The van der Waals surface area contributed by atoms with E-state index in [2.05, 4.69) is 27.9 Å². The monoisotopic (exact) mass is 587 g/mol. The number of carbonyl (C=O) groups excluding carboxylic acids is 2. The molecule has 3 aromatic rings. The van der Waals surface area contributed by atoms with Gasteiger partial charge in [-0.2, -0.15) is 0 Å². The smallest absolute Gasteiger partial charge is 0.408 e. The van der Waals surface area contributed by atoms with Crippen LogP contribution in [-0.2, 0) is 33.9 Å². The van der Waals surface area contributed by atoms with Gasteiger partial charge in [-0.05, 0) is 72.2 Å². The summed E-state index contributed by atoms with van der Waals surface area (Å²) in [5.41, 5.74) is 2.11. The van der Waals surface area contributed by atoms with E-state index < -0.39 is 23.7 Å². The summed E-state index contributed by atoms with van der Waals surface area (Å²) in [6, 6.07) is 24.1. The Balaban J connectivity index is 1.65. The van der Waals surface area contributed by atoms with Crippen molar-refractivity contribution in [2.75, 3.05) is 0 Å². The second-order valence-electron chi connectivity index (χ2n) is 9.04. The lowest BCUT2D eigenvalue weighted by Crippen LogP contribution is -2.45. The number of alkyl carbamates (subject to hydrolysis) is 1. The Hall–Kier alpha value is -3.07. The first kappa shape index (κ1) is 26.5. The van der Waals surface area contributed by atoms with E-state index in [1.165, 1.54) is 0 Å². The molecule has 184 valence electrons. The van der Waals surface area contributed by atoms with E-state index >= 15 is 0 Å². The highest BCUT2D eigenvalue weighted by atomic mass is 127. The maximum atomic E-state index is 12.9. The van der Waals surface area contributed by atoms with E-state index in [1.54, 1.807) is 20.8 Å². The molecule has 0 heterocycles. The van der Waals surface area contributed by atoms with E-state index in [-0.39, 0.29) is 13.0 Å². The van der Waals surface area contributed by atoms with Gasteiger partial charge < -0.3 is 19.5 Å². The maximum absolute atomic E-state index is 12.9. The topological polar surface area (TPSA) is 73.9 Å². The summed E-state index contributed by atoms with van der Waals surface area (Å²) >= 11 is 2.21. The van der Waals surface area contributed by atoms with Crippen molar-refractivity contribution in [3.8, 4) is 5.75 Å². The molecular weight excluding hydrogens is 557 g/mol. The SMILES string of the molecule is CC(C)(C)OC(=O)C(Cc1ccc(OCc2ccccc2)c(I)c1)NC(=O)OCc1ccccc1. The largest absolute Gasteiger partial charge is 0.488 e. The Morgan fingerprint density at radius 2 is 1.46 bits per heavy atom. The summed E-state index contributed by atoms with van der Waals surface area (Å²) in [5.74, 6) is 0.232. The Morgan fingerprint density at radius 1 is 0.857 bits per heavy atom. The van der Waals surface area contributed by atoms with Crippen LogP contribution in [0.15, 0.2) is 78.9 Å². The van der Waals surface area contributed by atoms with E-state index in [0.717, 1.165) is 26.0 Å². The van der Waals surface area contributed by atoms with Gasteiger partial charge in [-0.15, -0.1) is 0 Å². The van der Waals surface area contributed by atoms with Gasteiger partial charge in [0.2, 0.25) is 0 Å². The second-order valence-corrected chi connectivity index (χ2v) is 10.2. The first-order valence-electron chi connectivity index (χ1n) is 11.3. The number of hydrogen-bond donors (Lipinski definition) is 1. The molecule has 0 aliphatic carbocycles. The molecule has 0 radical (unpaired) electrons. The minimum atomic E-state index is -0.899. The molecule has 3 aromatic carbocycles. The zero-order valence-corrected chi connectivity index (χ0v) is 22.3. The molecule has 0 bridgehead atoms. The highest BCUT2D eigenvalue weighted by molar-refractivity contribution is 14.1. The molecular formula is C28H30INO5. The predicted octanol–water partition coefficient (Wildman–Crippen LogP) is 6.05. The molecule has 1 atom stereocenters. The Morgan fingerprint density at radius 3 is 2.03 bits per heavy atom. The fraction of sp³-hybridized carbons (Fsp3) is 0.286. The van der Waals surface area contributed by atoms with Crippen LogP contribution in [0.4, 0.5) is 4.79 Å². The molecule has 1 N–H and O–H groups in total. The van der Waals surface area contributed by atoms with Crippen molar-refractivity contribution in [1.29, 1.82) is 0 Å². The van der Waals surface area contributed by atoms with Crippen LogP contribution in [0.3, 0.4) is 0 Å². The lowest BCUT2D eigenvalue weighted by Gasteiger charge is -2.24. The number of carbonyl (C=O) groups is 2. The van der Waals surface area contributed by atoms with Gasteiger partial charge in [0.25, 0.3) is 0 Å². The van der Waals surface area contributed by atoms with Crippen LogP contribution in [0.2, 0.25) is 0 Å². The highest BCUT2D eigenvalue weighted by Crippen LogP contribution is 2.24. The third kappa shape index (κ3) is 9.24. The number of nitrogens with one attached hydrogen (secondary N) is 1. The molecule has 0 saturated heterocycles. The van der Waals surface area contributed by atoms with Crippen LogP contribution in [0, 0.1) is 3.57 Å². The minimum Gasteiger partial charge on any atom is -0.488 e. The summed E-state index contributed by atoms with van der Waals surface area (Å²) in [7, 11) is 0. The van der Waals surface area contributed by atoms with Crippen molar-refractivity contribution in [1.82, 2.24) is 5.32 Å². The third-order valence-corrected chi connectivity index (χ3v) is 5.71. The molecule has 0 aliphatic heterocycles. The van der Waals surface area contributed by atoms with Crippen molar-refractivity contribution in [3.05, 3.63) is 99.1 Å². The Labute approximate surface area is 220 Å². The average molecular weight is 587 g/mol. The van der Waals surface area contributed by atoms with Crippen molar-refractivity contribution >= 4 is 34.7 Å². The number of benzene rings is 3. The van der Waals surface area contributed by atoms with Crippen LogP contribution in [-0.4, -0.2) is 23.7 Å². The zero-order valence-electron chi connectivity index (χ0n) is 20.1. The molecule has 35 heavy (non-hydrogen) atoms. The molecule has 0 saturated carbocycles. The van der Waals surface area contributed by atoms with Crippen molar-refractivity contribution in [2.45, 2.75) is 52.0 Å². The van der Waals surface area contributed by atoms with E-state index in [0.29, 0.717) is 6.61 Å². The Bertz CT molecular complexity index is 1110. The third-order valence-electron chi connectivity index (χ3n) is 4.87. The average Bonchev–Trinajstić information content (AvgIpc) is 2.82. The summed E-state index contributed by atoms with van der Waals surface area (Å²) < 4.78 is 17.7. The Kier molecular flexibility index (Phi) is 9.54. The molecule has 1 unspecified atom stereocenters. The normalized spacial score (nSPS) is 11.9. The standard InChI is InChI=1S/C28H30INO5/c1-28(2,3)35-26(31)24(30-27(32)34-19-21-12-8-5-9-13-21)17-22-14-15-25(23(29)16-22)33-18-20-10-6-4-7-11-20/h4-16,24H,17-19H2,1-3H3,(H,30,32). The lowest BCUT2D eigenvalue weighted by molar-refractivity contribution is -0.157. The first-order valence-corrected chi connectivity index (χ1v) is 12.4. The van der Waals surface area contributed by atoms with Gasteiger partial charge in [-0.3, -0.25) is 0 Å². The number of ether oxygens (including phenoxy) is 3. The number of rotatable bonds is 9. The summed E-state index contributed by atoms with van der Waals surface area (Å²) in [6.07, 6.45) is -0.424. The van der Waals surface area contributed by atoms with Gasteiger partial charge in [0.05, 0.1) is 3.57 Å². The van der Waals surface area contributed by atoms with Gasteiger partial charge in [0.1, 0.15) is 30.6 Å². The van der Waals surface area contributed by atoms with Gasteiger partial charge in [-0.1, -0.05) is 66.7 Å². The van der Waals surface area contributed by atoms with E-state index in [9.17, 15) is 9.59 Å². The molecule has 1 amide bonds. The molecule has 3 rings (SSSR count). The summed E-state index contributed by atoms with van der Waals surface area (Å²) in [4.78, 5) is 25.3. The van der Waals surface area contributed by atoms with Gasteiger partial charge in [0, 0.05) is 6.42 Å². The van der Waals surface area contributed by atoms with E-state index in [4.69, 9.17) is 14.2 Å². The highest BCUT2D eigenvalue weighted by Gasteiger charge is 2.27. The molecule has 0 aromatic heterocycles. The van der Waals surface area contributed by atoms with Crippen LogP contribution in [0.1, 0.15) is 37.5 Å². The van der Waals surface area contributed by atoms with Crippen molar-refractivity contribution in [3.63, 3.8) is 0 Å². The number of amides is 1. The maximum Gasteiger partial charge on any atom is 0.408 e. The van der Waals surface area contributed by atoms with Gasteiger partial charge in [-0.25, -0.2) is 9.59 Å². The second kappa shape index (κ2) is 12.6. The number of esters is 1. The van der Waals surface area contributed by atoms with E-state index in [1.807, 2.05) is 78.9 Å². The van der Waals surface area contributed by atoms with Gasteiger partial charge >= 0.3 is 12.1 Å². The fourth-order valence-corrected chi connectivity index (χ4v) is 3.97. The molecule has 0 spiro atoms. The predicted molar refractivity (Wildman–Crippen MR) is 143 cm³/mol. The van der Waals surface area contributed by atoms with Crippen LogP contribution in [0.25, 0.3) is 0 Å². The zero-order chi connectivity index (χ0) is 25.3. The molecule has 6 nitrogen and oxygen atoms in total. The molecule has 7 heteroatoms. The van der Waals surface area contributed by atoms with Crippen LogP contribution >= 0.6 is 22.6 Å². The minimum absolute atomic E-state index is 0.110. The summed E-state index contributed by atoms with van der Waals surface area (Å²) in [5, 5.41) is 2.67. The molecule has 0 aliphatic rings. The van der Waals surface area contributed by atoms with Crippen molar-refractivity contribution in [2.24, 2.45) is 0 Å². The quantitative estimate of drug-likeness (QED) is 0.244. The van der Waals surface area contributed by atoms with Crippen LogP contribution in [0.5, 0.6) is 5.75 Å².